The fourth-order valence-electron chi connectivity index (χ4n) is 2.58. The number of nitrogens with two attached hydrogens (primary N) is 1. The normalized spacial score (nSPS) is 30.8. The predicted octanol–water partition coefficient (Wildman–Crippen LogP) is 0.905. The van der Waals surface area contributed by atoms with Crippen LogP contribution in [0.25, 0.3) is 0 Å². The van der Waals surface area contributed by atoms with Crippen LogP contribution in [0.1, 0.15) is 44.9 Å². The third kappa shape index (κ3) is 3.57. The number of rotatable bonds is 3. The summed E-state index contributed by atoms with van der Waals surface area (Å²) in [7, 11) is 1.76. The highest BCUT2D eigenvalue weighted by Crippen LogP contribution is 2.23. The number of nitrogens with one attached hydrogen (secondary N) is 2. The fourth-order valence-corrected chi connectivity index (χ4v) is 2.58. The molecule has 2 aliphatic rings. The summed E-state index contributed by atoms with van der Waals surface area (Å²) in [5.41, 5.74) is 2.68. The van der Waals surface area contributed by atoms with Gasteiger partial charge in [0.2, 0.25) is 5.96 Å². The van der Waals surface area contributed by atoms with Crippen LogP contribution in [0.4, 0.5) is 0 Å². The molecule has 2 rings (SSSR count). The van der Waals surface area contributed by atoms with E-state index in [1.165, 1.54) is 32.1 Å². The van der Waals surface area contributed by atoms with Crippen LogP contribution >= 0.6 is 0 Å². The van der Waals surface area contributed by atoms with E-state index in [0.29, 0.717) is 18.2 Å². The number of nitrogens with zero attached hydrogens (tertiary/aromatic N) is 1. The number of aliphatic imine (C=N–C) groups is 1. The molecule has 98 valence electrons. The first-order valence-corrected chi connectivity index (χ1v) is 6.65. The summed E-state index contributed by atoms with van der Waals surface area (Å²) in [5.74, 6) is 6.26. The molecule has 0 heterocycles. The average Bonchev–Trinajstić information content (AvgIpc) is 2.33. The Morgan fingerprint density at radius 1 is 1.24 bits per heavy atom. The Labute approximate surface area is 103 Å². The van der Waals surface area contributed by atoms with Crippen LogP contribution < -0.4 is 16.6 Å². The molecular weight excluding hydrogens is 216 g/mol. The van der Waals surface area contributed by atoms with Gasteiger partial charge in [-0.2, -0.15) is 0 Å². The van der Waals surface area contributed by atoms with Crippen LogP contribution in [0.5, 0.6) is 0 Å². The number of methoxy groups -OCH3 is 1. The first-order chi connectivity index (χ1) is 8.31. The van der Waals surface area contributed by atoms with Crippen LogP contribution in [-0.4, -0.2) is 31.3 Å². The molecule has 0 spiro atoms. The zero-order valence-corrected chi connectivity index (χ0v) is 10.6. The van der Waals surface area contributed by atoms with Crippen LogP contribution in [0.2, 0.25) is 0 Å². The summed E-state index contributed by atoms with van der Waals surface area (Å²) in [6.07, 6.45) is 8.81. The smallest absolute Gasteiger partial charge is 0.206 e. The molecule has 5 nitrogen and oxygen atoms in total. The topological polar surface area (TPSA) is 71.7 Å². The summed E-state index contributed by atoms with van der Waals surface area (Å²) in [4.78, 5) is 4.66. The van der Waals surface area contributed by atoms with Gasteiger partial charge in [0.1, 0.15) is 0 Å². The Bertz CT molecular complexity index is 257. The van der Waals surface area contributed by atoms with Crippen LogP contribution in [-0.2, 0) is 4.74 Å². The first-order valence-electron chi connectivity index (χ1n) is 6.65. The standard InChI is InChI=1S/C12H24N4O/c1-17-11-7-10(8-11)15-12(16-13)14-9-5-3-2-4-6-9/h9-11H,2-8,13H2,1H3,(H2,14,15,16). The molecule has 17 heavy (non-hydrogen) atoms. The van der Waals surface area contributed by atoms with Crippen molar-refractivity contribution in [2.45, 2.75) is 63.1 Å². The summed E-state index contributed by atoms with van der Waals surface area (Å²) >= 11 is 0. The van der Waals surface area contributed by atoms with Gasteiger partial charge in [-0.25, -0.2) is 10.8 Å². The molecule has 2 saturated carbocycles. The van der Waals surface area contributed by atoms with Crippen LogP contribution in [0.3, 0.4) is 0 Å². The summed E-state index contributed by atoms with van der Waals surface area (Å²) in [6.45, 7) is 0. The molecule has 0 aliphatic heterocycles. The van der Waals surface area contributed by atoms with Gasteiger partial charge in [0.05, 0.1) is 12.1 Å². The van der Waals surface area contributed by atoms with Crippen LogP contribution in [0.15, 0.2) is 4.99 Å². The van der Waals surface area contributed by atoms with Crippen molar-refractivity contribution >= 4 is 5.96 Å². The second-order valence-electron chi connectivity index (χ2n) is 5.08. The predicted molar refractivity (Wildman–Crippen MR) is 68.6 cm³/mol. The molecule has 0 aromatic carbocycles. The van der Waals surface area contributed by atoms with Crippen LogP contribution in [0, 0.1) is 0 Å². The number of hydrogen-bond acceptors (Lipinski definition) is 3. The van der Waals surface area contributed by atoms with E-state index in [1.54, 1.807) is 7.11 Å². The molecule has 0 saturated heterocycles. The zero-order valence-electron chi connectivity index (χ0n) is 10.6. The Kier molecular flexibility index (Phi) is 4.62. The second-order valence-corrected chi connectivity index (χ2v) is 5.08. The van der Waals surface area contributed by atoms with Gasteiger partial charge in [0, 0.05) is 13.2 Å². The SMILES string of the molecule is COC1CC(NC(=NC2CCCCC2)NN)C1. The Morgan fingerprint density at radius 2 is 1.94 bits per heavy atom. The maximum atomic E-state index is 5.51. The number of hydrazine groups is 1. The molecule has 0 radical (unpaired) electrons. The number of guanidine groups is 1. The average molecular weight is 240 g/mol. The van der Waals surface area contributed by atoms with E-state index in [4.69, 9.17) is 10.6 Å². The highest BCUT2D eigenvalue weighted by atomic mass is 16.5. The van der Waals surface area contributed by atoms with Gasteiger partial charge in [0.25, 0.3) is 0 Å². The van der Waals surface area contributed by atoms with Crippen molar-refractivity contribution in [3.8, 4) is 0 Å². The molecule has 5 heteroatoms. The lowest BCUT2D eigenvalue weighted by Crippen LogP contribution is -2.53. The number of hydrogen-bond donors (Lipinski definition) is 3. The molecule has 0 atom stereocenters. The van der Waals surface area contributed by atoms with Gasteiger partial charge in [0.15, 0.2) is 0 Å². The third-order valence-corrected chi connectivity index (χ3v) is 3.79. The lowest BCUT2D eigenvalue weighted by molar-refractivity contribution is 0.0223. The molecule has 0 unspecified atom stereocenters. The Morgan fingerprint density at radius 3 is 2.53 bits per heavy atom. The van der Waals surface area contributed by atoms with Crippen molar-refractivity contribution in [2.24, 2.45) is 10.8 Å². The Balaban J connectivity index is 1.77. The van der Waals surface area contributed by atoms with Crippen molar-refractivity contribution in [3.63, 3.8) is 0 Å². The van der Waals surface area contributed by atoms with Gasteiger partial charge >= 0.3 is 0 Å². The van der Waals surface area contributed by atoms with E-state index < -0.39 is 0 Å². The Hall–Kier alpha value is -0.810. The van der Waals surface area contributed by atoms with Gasteiger partial charge in [-0.05, 0) is 25.7 Å². The fraction of sp³-hybridized carbons (Fsp3) is 0.917. The van der Waals surface area contributed by atoms with E-state index >= 15 is 0 Å². The van der Waals surface area contributed by atoms with Crippen molar-refractivity contribution in [1.29, 1.82) is 0 Å². The minimum absolute atomic E-state index is 0.404. The van der Waals surface area contributed by atoms with Crippen molar-refractivity contribution in [3.05, 3.63) is 0 Å². The minimum atomic E-state index is 0.404. The summed E-state index contributed by atoms with van der Waals surface area (Å²) in [5, 5.41) is 3.35. The molecule has 0 bridgehead atoms. The molecule has 2 aliphatic carbocycles. The van der Waals surface area contributed by atoms with E-state index in [0.717, 1.165) is 18.8 Å². The maximum Gasteiger partial charge on any atom is 0.206 e. The summed E-state index contributed by atoms with van der Waals surface area (Å²) in [6, 6.07) is 0.902. The van der Waals surface area contributed by atoms with Crippen molar-refractivity contribution in [1.82, 2.24) is 10.7 Å². The molecule has 0 aromatic heterocycles. The van der Waals surface area contributed by atoms with Gasteiger partial charge in [-0.15, -0.1) is 0 Å². The first kappa shape index (κ1) is 12.6. The van der Waals surface area contributed by atoms with Gasteiger partial charge < -0.3 is 10.1 Å². The summed E-state index contributed by atoms with van der Waals surface area (Å²) < 4.78 is 5.25. The minimum Gasteiger partial charge on any atom is -0.381 e. The molecule has 2 fully saturated rings. The van der Waals surface area contributed by atoms with E-state index in [9.17, 15) is 0 Å². The molecule has 4 N–H and O–H groups in total. The quantitative estimate of drug-likeness (QED) is 0.297. The monoisotopic (exact) mass is 240 g/mol. The number of ether oxygens (including phenoxy) is 1. The largest absolute Gasteiger partial charge is 0.381 e. The van der Waals surface area contributed by atoms with E-state index in [2.05, 4.69) is 15.7 Å². The van der Waals surface area contributed by atoms with E-state index in [1.807, 2.05) is 0 Å². The third-order valence-electron chi connectivity index (χ3n) is 3.79. The van der Waals surface area contributed by atoms with Gasteiger partial charge in [-0.3, -0.25) is 5.43 Å². The van der Waals surface area contributed by atoms with Crippen molar-refractivity contribution in [2.75, 3.05) is 7.11 Å². The lowest BCUT2D eigenvalue weighted by Gasteiger charge is -2.35. The molecule has 0 amide bonds. The molecular formula is C12H24N4O. The maximum absolute atomic E-state index is 5.51. The lowest BCUT2D eigenvalue weighted by atomic mass is 9.89. The van der Waals surface area contributed by atoms with Gasteiger partial charge in [-0.1, -0.05) is 19.3 Å². The van der Waals surface area contributed by atoms with E-state index in [-0.39, 0.29) is 0 Å². The zero-order chi connectivity index (χ0) is 12.1. The highest BCUT2D eigenvalue weighted by Gasteiger charge is 2.29. The van der Waals surface area contributed by atoms with Crippen molar-refractivity contribution < 1.29 is 4.74 Å². The highest BCUT2D eigenvalue weighted by molar-refractivity contribution is 5.79. The second kappa shape index (κ2) is 6.21. The molecule has 0 aromatic rings.